The van der Waals surface area contributed by atoms with Gasteiger partial charge < -0.3 is 9.47 Å². The number of hydrogen-bond donors (Lipinski definition) is 0. The first kappa shape index (κ1) is 18.9. The molecule has 0 unspecified atom stereocenters. The topological polar surface area (TPSA) is 100 Å². The van der Waals surface area contributed by atoms with Crippen LogP contribution in [0.5, 0.6) is 0 Å². The molecule has 0 aliphatic rings. The molecule has 22 heavy (non-hydrogen) atoms. The molecule has 6 nitrogen and oxygen atoms in total. The zero-order valence-electron chi connectivity index (χ0n) is 12.1. The Kier molecular flexibility index (Phi) is 10.0. The number of carbonyl (C=O) groups excluding carboxylic acids is 2. The molecular formula is C16H16N2O4. The molecule has 0 fully saturated rings. The van der Waals surface area contributed by atoms with Gasteiger partial charge in [-0.05, 0) is 25.0 Å². The van der Waals surface area contributed by atoms with E-state index >= 15 is 0 Å². The number of hydrogen-bond acceptors (Lipinski definition) is 6. The summed E-state index contributed by atoms with van der Waals surface area (Å²) in [5, 5.41) is 17.4. The fraction of sp³-hybridized carbons (Fsp3) is 0.250. The number of nitriles is 2. The van der Waals surface area contributed by atoms with E-state index in [1.807, 2.05) is 0 Å². The molecular weight excluding hydrogens is 284 g/mol. The molecule has 0 bridgehead atoms. The van der Waals surface area contributed by atoms with Crippen molar-refractivity contribution in [3.8, 4) is 12.1 Å². The van der Waals surface area contributed by atoms with Crippen molar-refractivity contribution >= 4 is 11.9 Å². The molecule has 114 valence electrons. The van der Waals surface area contributed by atoms with E-state index < -0.39 is 11.9 Å². The van der Waals surface area contributed by atoms with E-state index in [1.54, 1.807) is 12.1 Å². The molecule has 0 saturated heterocycles. The first-order valence-electron chi connectivity index (χ1n) is 6.40. The van der Waals surface area contributed by atoms with Crippen molar-refractivity contribution in [1.29, 1.82) is 10.5 Å². The van der Waals surface area contributed by atoms with Gasteiger partial charge in [0.05, 0.1) is 13.2 Å². The maximum absolute atomic E-state index is 11.4. The van der Waals surface area contributed by atoms with E-state index in [9.17, 15) is 9.59 Å². The minimum atomic E-state index is -0.722. The van der Waals surface area contributed by atoms with Crippen molar-refractivity contribution in [2.45, 2.75) is 12.8 Å². The van der Waals surface area contributed by atoms with Crippen LogP contribution in [0.4, 0.5) is 0 Å². The van der Waals surface area contributed by atoms with Crippen LogP contribution >= 0.6 is 0 Å². The monoisotopic (exact) mass is 300 g/mol. The second-order valence-corrected chi connectivity index (χ2v) is 3.83. The molecule has 0 N–H and O–H groups in total. The Balaban J connectivity index is 3.97. The molecule has 6 heteroatoms. The Labute approximate surface area is 129 Å². The van der Waals surface area contributed by atoms with Crippen molar-refractivity contribution in [2.24, 2.45) is 0 Å². The van der Waals surface area contributed by atoms with Gasteiger partial charge in [-0.3, -0.25) is 0 Å². The molecule has 0 atom stereocenters. The quantitative estimate of drug-likeness (QED) is 0.212. The van der Waals surface area contributed by atoms with Gasteiger partial charge in [0, 0.05) is 0 Å². The highest BCUT2D eigenvalue weighted by atomic mass is 16.5. The molecule has 0 heterocycles. The van der Waals surface area contributed by atoms with Gasteiger partial charge in [0.25, 0.3) is 0 Å². The number of carbonyl (C=O) groups is 2. The predicted molar refractivity (Wildman–Crippen MR) is 78.9 cm³/mol. The lowest BCUT2D eigenvalue weighted by Gasteiger charge is -2.05. The molecule has 0 radical (unpaired) electrons. The van der Waals surface area contributed by atoms with Crippen LogP contribution in [0, 0.1) is 22.7 Å². The second-order valence-electron chi connectivity index (χ2n) is 3.83. The summed E-state index contributed by atoms with van der Waals surface area (Å²) >= 11 is 0. The van der Waals surface area contributed by atoms with Crippen molar-refractivity contribution in [2.75, 3.05) is 13.2 Å². The van der Waals surface area contributed by atoms with Crippen LogP contribution in [0.2, 0.25) is 0 Å². The molecule has 0 aliphatic carbocycles. The standard InChI is InChI=1S/C16H16N2O4/c1-3-7-13(11-17)15(19)21-9-5-6-10-22-16(20)14(12-18)8-4-2/h3-4,7-8H,1-2,5-6,9-10H2. The molecule has 0 aromatic rings. The third-order valence-corrected chi connectivity index (χ3v) is 2.25. The summed E-state index contributed by atoms with van der Waals surface area (Å²) in [6.45, 7) is 6.96. The van der Waals surface area contributed by atoms with Crippen molar-refractivity contribution in [3.63, 3.8) is 0 Å². The SMILES string of the molecule is C=CC=C(C#N)C(=O)OCCCCOC(=O)C(C#N)=CC=C. The van der Waals surface area contributed by atoms with E-state index in [-0.39, 0.29) is 24.4 Å². The van der Waals surface area contributed by atoms with Gasteiger partial charge in [0.15, 0.2) is 0 Å². The van der Waals surface area contributed by atoms with E-state index in [4.69, 9.17) is 20.0 Å². The molecule has 0 spiro atoms. The number of rotatable bonds is 9. The second kappa shape index (κ2) is 11.7. The number of allylic oxidation sites excluding steroid dienone is 4. The summed E-state index contributed by atoms with van der Waals surface area (Å²) in [5.74, 6) is -1.44. The molecule has 0 saturated carbocycles. The van der Waals surface area contributed by atoms with Crippen LogP contribution < -0.4 is 0 Å². The summed E-state index contributed by atoms with van der Waals surface area (Å²) in [4.78, 5) is 22.8. The lowest BCUT2D eigenvalue weighted by molar-refractivity contribution is -0.141. The highest BCUT2D eigenvalue weighted by Gasteiger charge is 2.10. The molecule has 0 aromatic carbocycles. The molecule has 0 rings (SSSR count). The summed E-state index contributed by atoms with van der Waals surface area (Å²) < 4.78 is 9.73. The van der Waals surface area contributed by atoms with Crippen LogP contribution in [0.25, 0.3) is 0 Å². The fourth-order valence-corrected chi connectivity index (χ4v) is 1.23. The summed E-state index contributed by atoms with van der Waals surface area (Å²) in [5.41, 5.74) is -0.260. The van der Waals surface area contributed by atoms with Gasteiger partial charge in [-0.2, -0.15) is 10.5 Å². The fourth-order valence-electron chi connectivity index (χ4n) is 1.23. The Morgan fingerprint density at radius 3 is 1.50 bits per heavy atom. The van der Waals surface area contributed by atoms with E-state index in [2.05, 4.69) is 13.2 Å². The van der Waals surface area contributed by atoms with Crippen LogP contribution in [0.3, 0.4) is 0 Å². The third-order valence-electron chi connectivity index (χ3n) is 2.25. The average Bonchev–Trinajstić information content (AvgIpc) is 2.52. The normalized spacial score (nSPS) is 10.8. The zero-order valence-corrected chi connectivity index (χ0v) is 12.1. The minimum Gasteiger partial charge on any atom is -0.462 e. The van der Waals surface area contributed by atoms with Gasteiger partial charge in [0.2, 0.25) is 0 Å². The minimum absolute atomic E-state index is 0.0974. The summed E-state index contributed by atoms with van der Waals surface area (Å²) in [6, 6.07) is 3.40. The van der Waals surface area contributed by atoms with Crippen LogP contribution in [-0.4, -0.2) is 25.2 Å². The number of nitrogens with zero attached hydrogens (tertiary/aromatic N) is 2. The Morgan fingerprint density at radius 1 is 0.864 bits per heavy atom. The van der Waals surface area contributed by atoms with Crippen LogP contribution in [0.1, 0.15) is 12.8 Å². The largest absolute Gasteiger partial charge is 0.462 e. The highest BCUT2D eigenvalue weighted by molar-refractivity contribution is 5.93. The summed E-state index contributed by atoms with van der Waals surface area (Å²) in [6.07, 6.45) is 6.09. The maximum Gasteiger partial charge on any atom is 0.348 e. The third kappa shape index (κ3) is 7.46. The number of esters is 2. The smallest absolute Gasteiger partial charge is 0.348 e. The molecule has 0 aliphatic heterocycles. The number of ether oxygens (including phenoxy) is 2. The Morgan fingerprint density at radius 2 is 1.23 bits per heavy atom. The molecule has 0 amide bonds. The van der Waals surface area contributed by atoms with Crippen molar-refractivity contribution in [3.05, 3.63) is 48.6 Å². The predicted octanol–water partition coefficient (Wildman–Crippen LogP) is 2.12. The van der Waals surface area contributed by atoms with Crippen molar-refractivity contribution in [1.82, 2.24) is 0 Å². The lowest BCUT2D eigenvalue weighted by Crippen LogP contribution is -2.10. The lowest BCUT2D eigenvalue weighted by atomic mass is 10.2. The number of unbranched alkanes of at least 4 members (excludes halogenated alkanes) is 1. The molecule has 0 aromatic heterocycles. The van der Waals surface area contributed by atoms with Crippen LogP contribution in [0.15, 0.2) is 48.6 Å². The van der Waals surface area contributed by atoms with Crippen LogP contribution in [-0.2, 0) is 19.1 Å². The zero-order chi connectivity index (χ0) is 16.8. The first-order chi connectivity index (χ1) is 10.6. The maximum atomic E-state index is 11.4. The van der Waals surface area contributed by atoms with Gasteiger partial charge in [-0.1, -0.05) is 25.3 Å². The Hall–Kier alpha value is -3.12. The van der Waals surface area contributed by atoms with Gasteiger partial charge in [-0.25, -0.2) is 9.59 Å². The van der Waals surface area contributed by atoms with E-state index in [1.165, 1.54) is 24.3 Å². The Bertz CT molecular complexity index is 522. The first-order valence-corrected chi connectivity index (χ1v) is 6.40. The van der Waals surface area contributed by atoms with Gasteiger partial charge >= 0.3 is 11.9 Å². The van der Waals surface area contributed by atoms with Gasteiger partial charge in [0.1, 0.15) is 23.3 Å². The summed E-state index contributed by atoms with van der Waals surface area (Å²) in [7, 11) is 0. The average molecular weight is 300 g/mol. The van der Waals surface area contributed by atoms with Gasteiger partial charge in [-0.15, -0.1) is 0 Å². The van der Waals surface area contributed by atoms with Crippen molar-refractivity contribution < 1.29 is 19.1 Å². The highest BCUT2D eigenvalue weighted by Crippen LogP contribution is 2.01. The van der Waals surface area contributed by atoms with E-state index in [0.717, 1.165) is 0 Å². The van der Waals surface area contributed by atoms with E-state index in [0.29, 0.717) is 12.8 Å².